The van der Waals surface area contributed by atoms with Gasteiger partial charge in [0.05, 0.1) is 13.7 Å². The van der Waals surface area contributed by atoms with Crippen LogP contribution in [0.3, 0.4) is 0 Å². The molecule has 1 aromatic carbocycles. The number of benzene rings is 1. The van der Waals surface area contributed by atoms with E-state index in [2.05, 4.69) is 34.5 Å². The highest BCUT2D eigenvalue weighted by atomic mass is 16.6. The molecule has 2 rings (SSSR count). The molecule has 29 heavy (non-hydrogen) atoms. The lowest BCUT2D eigenvalue weighted by atomic mass is 10.1. The number of carbonyl (C=O) groups is 2. The minimum absolute atomic E-state index is 0.0127. The number of aryl methyl sites for hydroxylation is 1. The van der Waals surface area contributed by atoms with Crippen molar-refractivity contribution in [3.63, 3.8) is 0 Å². The van der Waals surface area contributed by atoms with Gasteiger partial charge in [0.2, 0.25) is 11.8 Å². The molecule has 0 bridgehead atoms. The molecule has 0 amide bonds. The SMILES string of the molecule is CCCCCc1ccc(Nc2nc(C(=O)OC)n(COCCOC(C)=O)n2)cc1. The van der Waals surface area contributed by atoms with E-state index >= 15 is 0 Å². The summed E-state index contributed by atoms with van der Waals surface area (Å²) in [5.74, 6) is -0.737. The number of ether oxygens (including phenoxy) is 3. The summed E-state index contributed by atoms with van der Waals surface area (Å²) in [6.07, 6.45) is 4.65. The van der Waals surface area contributed by atoms with Gasteiger partial charge in [-0.1, -0.05) is 31.9 Å². The van der Waals surface area contributed by atoms with Crippen LogP contribution in [0.5, 0.6) is 0 Å². The summed E-state index contributed by atoms with van der Waals surface area (Å²) < 4.78 is 16.2. The Balaban J connectivity index is 1.98. The van der Waals surface area contributed by atoms with Crippen LogP contribution in [0.2, 0.25) is 0 Å². The molecule has 0 fully saturated rings. The van der Waals surface area contributed by atoms with Crippen molar-refractivity contribution in [2.24, 2.45) is 0 Å². The van der Waals surface area contributed by atoms with Gasteiger partial charge in [-0.15, -0.1) is 5.10 Å². The van der Waals surface area contributed by atoms with Gasteiger partial charge in [-0.2, -0.15) is 4.98 Å². The number of nitrogens with one attached hydrogen (secondary N) is 1. The highest BCUT2D eigenvalue weighted by Crippen LogP contribution is 2.16. The molecule has 0 spiro atoms. The van der Waals surface area contributed by atoms with E-state index in [1.807, 2.05) is 12.1 Å². The number of rotatable bonds is 12. The molecular weight excluding hydrogens is 376 g/mol. The highest BCUT2D eigenvalue weighted by Gasteiger charge is 2.18. The molecular formula is C20H28N4O5. The van der Waals surface area contributed by atoms with E-state index < -0.39 is 5.97 Å². The van der Waals surface area contributed by atoms with Crippen molar-refractivity contribution in [3.05, 3.63) is 35.7 Å². The number of aromatic nitrogens is 3. The van der Waals surface area contributed by atoms with Gasteiger partial charge >= 0.3 is 11.9 Å². The molecule has 0 atom stereocenters. The molecule has 9 heteroatoms. The Labute approximate surface area is 170 Å². The second-order valence-electron chi connectivity index (χ2n) is 6.41. The largest absolute Gasteiger partial charge is 0.463 e. The minimum atomic E-state index is -0.625. The Morgan fingerprint density at radius 3 is 2.55 bits per heavy atom. The third kappa shape index (κ3) is 7.53. The molecule has 1 N–H and O–H groups in total. The normalized spacial score (nSPS) is 10.6. The Kier molecular flexibility index (Phi) is 9.10. The number of esters is 2. The van der Waals surface area contributed by atoms with Crippen molar-refractivity contribution >= 4 is 23.6 Å². The number of nitrogens with zero attached hydrogens (tertiary/aromatic N) is 3. The summed E-state index contributed by atoms with van der Waals surface area (Å²) in [7, 11) is 1.27. The molecule has 0 radical (unpaired) electrons. The predicted molar refractivity (Wildman–Crippen MR) is 107 cm³/mol. The lowest BCUT2D eigenvalue weighted by Gasteiger charge is -2.06. The first-order valence-corrected chi connectivity index (χ1v) is 9.63. The summed E-state index contributed by atoms with van der Waals surface area (Å²) in [5, 5.41) is 7.33. The molecule has 1 heterocycles. The van der Waals surface area contributed by atoms with Crippen molar-refractivity contribution in [2.45, 2.75) is 46.3 Å². The fourth-order valence-corrected chi connectivity index (χ4v) is 2.59. The minimum Gasteiger partial charge on any atom is -0.463 e. The van der Waals surface area contributed by atoms with E-state index in [0.717, 1.165) is 12.1 Å². The van der Waals surface area contributed by atoms with Crippen molar-refractivity contribution in [2.75, 3.05) is 25.6 Å². The Morgan fingerprint density at radius 2 is 1.90 bits per heavy atom. The molecule has 2 aromatic rings. The number of hydrogen-bond donors (Lipinski definition) is 1. The fourth-order valence-electron chi connectivity index (χ4n) is 2.59. The van der Waals surface area contributed by atoms with Crippen LogP contribution in [0.25, 0.3) is 0 Å². The average molecular weight is 404 g/mol. The van der Waals surface area contributed by atoms with Crippen LogP contribution in [0.1, 0.15) is 49.3 Å². The van der Waals surface area contributed by atoms with Crippen LogP contribution < -0.4 is 5.32 Å². The Morgan fingerprint density at radius 1 is 1.14 bits per heavy atom. The fraction of sp³-hybridized carbons (Fsp3) is 0.500. The van der Waals surface area contributed by atoms with Gasteiger partial charge in [0.15, 0.2) is 0 Å². The summed E-state index contributed by atoms with van der Waals surface area (Å²) in [4.78, 5) is 26.9. The third-order valence-corrected chi connectivity index (χ3v) is 4.07. The van der Waals surface area contributed by atoms with Gasteiger partial charge in [0.1, 0.15) is 13.3 Å². The Bertz CT molecular complexity index is 789. The Hall–Kier alpha value is -2.94. The standard InChI is InChI=1S/C20H28N4O5/c1-4-5-6-7-16-8-10-17(11-9-16)21-20-22-18(19(26)27-3)24(23-20)14-28-12-13-29-15(2)25/h8-11H,4-7,12-14H2,1-3H3,(H,21,23). The number of anilines is 2. The van der Waals surface area contributed by atoms with E-state index in [9.17, 15) is 9.59 Å². The second kappa shape index (κ2) is 11.8. The van der Waals surface area contributed by atoms with E-state index in [1.165, 1.54) is 43.5 Å². The van der Waals surface area contributed by atoms with E-state index in [4.69, 9.17) is 14.2 Å². The quantitative estimate of drug-likeness (QED) is 0.425. The second-order valence-corrected chi connectivity index (χ2v) is 6.41. The first kappa shape index (κ1) is 22.4. The summed E-state index contributed by atoms with van der Waals surface area (Å²) in [6, 6.07) is 8.04. The first-order chi connectivity index (χ1) is 14.0. The van der Waals surface area contributed by atoms with Gasteiger partial charge in [-0.3, -0.25) is 4.79 Å². The molecule has 0 aliphatic rings. The number of hydrogen-bond acceptors (Lipinski definition) is 8. The monoisotopic (exact) mass is 404 g/mol. The molecule has 1 aromatic heterocycles. The average Bonchev–Trinajstić information content (AvgIpc) is 3.11. The zero-order valence-corrected chi connectivity index (χ0v) is 17.1. The van der Waals surface area contributed by atoms with Crippen LogP contribution in [-0.4, -0.2) is 47.0 Å². The molecule has 9 nitrogen and oxygen atoms in total. The number of unbranched alkanes of at least 4 members (excludes halogenated alkanes) is 2. The third-order valence-electron chi connectivity index (χ3n) is 4.07. The van der Waals surface area contributed by atoms with Crippen LogP contribution in [0.15, 0.2) is 24.3 Å². The smallest absolute Gasteiger partial charge is 0.375 e. The molecule has 0 aliphatic heterocycles. The summed E-state index contributed by atoms with van der Waals surface area (Å²) in [5.41, 5.74) is 2.09. The van der Waals surface area contributed by atoms with Gasteiger partial charge in [-0.25, -0.2) is 9.48 Å². The predicted octanol–water partition coefficient (Wildman–Crippen LogP) is 3.08. The van der Waals surface area contributed by atoms with Crippen LogP contribution >= 0.6 is 0 Å². The topological polar surface area (TPSA) is 105 Å². The lowest BCUT2D eigenvalue weighted by Crippen LogP contribution is -2.16. The van der Waals surface area contributed by atoms with Crippen molar-refractivity contribution < 1.29 is 23.8 Å². The van der Waals surface area contributed by atoms with E-state index in [1.54, 1.807) is 0 Å². The molecule has 0 saturated carbocycles. The van der Waals surface area contributed by atoms with Crippen molar-refractivity contribution in [1.29, 1.82) is 0 Å². The molecule has 0 aliphatic carbocycles. The van der Waals surface area contributed by atoms with Crippen LogP contribution in [0.4, 0.5) is 11.6 Å². The van der Waals surface area contributed by atoms with Crippen molar-refractivity contribution in [1.82, 2.24) is 14.8 Å². The maximum Gasteiger partial charge on any atom is 0.375 e. The molecule has 158 valence electrons. The summed E-state index contributed by atoms with van der Waals surface area (Å²) in [6.45, 7) is 3.77. The van der Waals surface area contributed by atoms with Gasteiger partial charge in [0, 0.05) is 12.6 Å². The molecule has 0 unspecified atom stereocenters. The number of carbonyl (C=O) groups excluding carboxylic acids is 2. The maximum absolute atomic E-state index is 11.9. The lowest BCUT2D eigenvalue weighted by molar-refractivity contribution is -0.142. The zero-order chi connectivity index (χ0) is 21.1. The number of methoxy groups -OCH3 is 1. The van der Waals surface area contributed by atoms with Crippen LogP contribution in [0, 0.1) is 0 Å². The first-order valence-electron chi connectivity index (χ1n) is 9.63. The van der Waals surface area contributed by atoms with E-state index in [0.29, 0.717) is 0 Å². The highest BCUT2D eigenvalue weighted by molar-refractivity contribution is 5.85. The van der Waals surface area contributed by atoms with E-state index in [-0.39, 0.29) is 37.7 Å². The van der Waals surface area contributed by atoms with Crippen molar-refractivity contribution in [3.8, 4) is 0 Å². The van der Waals surface area contributed by atoms with Gasteiger partial charge < -0.3 is 19.5 Å². The molecule has 0 saturated heterocycles. The summed E-state index contributed by atoms with van der Waals surface area (Å²) >= 11 is 0. The van der Waals surface area contributed by atoms with Gasteiger partial charge in [0.25, 0.3) is 0 Å². The van der Waals surface area contributed by atoms with Crippen LogP contribution in [-0.2, 0) is 32.2 Å². The zero-order valence-electron chi connectivity index (χ0n) is 17.1. The maximum atomic E-state index is 11.9. The van der Waals surface area contributed by atoms with Gasteiger partial charge in [-0.05, 0) is 30.5 Å².